The summed E-state index contributed by atoms with van der Waals surface area (Å²) in [5.74, 6) is -1.13. The predicted octanol–water partition coefficient (Wildman–Crippen LogP) is 1.28. The van der Waals surface area contributed by atoms with Gasteiger partial charge in [-0.05, 0) is 30.5 Å². The van der Waals surface area contributed by atoms with Crippen molar-refractivity contribution in [3.63, 3.8) is 0 Å². The number of rotatable bonds is 4. The van der Waals surface area contributed by atoms with Crippen LogP contribution in [0.4, 0.5) is 0 Å². The summed E-state index contributed by atoms with van der Waals surface area (Å²) < 4.78 is 14.9. The number of fused-ring (bicyclic) bond motifs is 1. The van der Waals surface area contributed by atoms with Gasteiger partial charge in [0.25, 0.3) is 0 Å². The molecular weight excluding hydrogens is 286 g/mol. The molecule has 0 atom stereocenters. The molecule has 120 valence electrons. The van der Waals surface area contributed by atoms with Crippen LogP contribution in [-0.2, 0) is 43.2 Å². The minimum atomic E-state index is -1.31. The van der Waals surface area contributed by atoms with Gasteiger partial charge in [0.15, 0.2) is 5.41 Å². The van der Waals surface area contributed by atoms with E-state index in [1.807, 2.05) is 13.8 Å². The van der Waals surface area contributed by atoms with Gasteiger partial charge in [0.1, 0.15) is 0 Å². The fraction of sp³-hybridized carbons (Fsp3) is 0.562. The second-order valence-corrected chi connectivity index (χ2v) is 5.58. The van der Waals surface area contributed by atoms with Gasteiger partial charge in [0.05, 0.1) is 26.5 Å². The van der Waals surface area contributed by atoms with E-state index >= 15 is 0 Å². The van der Waals surface area contributed by atoms with E-state index in [-0.39, 0.29) is 12.8 Å². The van der Waals surface area contributed by atoms with Crippen molar-refractivity contribution in [3.05, 3.63) is 28.1 Å². The Labute approximate surface area is 129 Å². The van der Waals surface area contributed by atoms with Crippen molar-refractivity contribution in [2.45, 2.75) is 33.3 Å². The largest absolute Gasteiger partial charge is 0.468 e. The molecule has 0 aromatic carbocycles. The molecule has 1 aromatic heterocycles. The Kier molecular flexibility index (Phi) is 4.51. The zero-order valence-corrected chi connectivity index (χ0v) is 13.6. The first kappa shape index (κ1) is 16.4. The lowest BCUT2D eigenvalue weighted by Gasteiger charge is -2.22. The van der Waals surface area contributed by atoms with Gasteiger partial charge in [-0.25, -0.2) is 0 Å². The van der Waals surface area contributed by atoms with Crippen LogP contribution in [0, 0.1) is 19.3 Å². The number of nitrogens with zero attached hydrogens (tertiary/aromatic N) is 1. The van der Waals surface area contributed by atoms with Gasteiger partial charge in [0.2, 0.25) is 0 Å². The van der Waals surface area contributed by atoms with Crippen LogP contribution in [0.25, 0.3) is 0 Å². The molecule has 0 saturated carbocycles. The summed E-state index contributed by atoms with van der Waals surface area (Å²) in [6.45, 7) is 4.20. The first-order valence-electron chi connectivity index (χ1n) is 7.04. The molecule has 2 rings (SSSR count). The molecule has 1 heterocycles. The van der Waals surface area contributed by atoms with Crippen LogP contribution < -0.4 is 0 Å². The van der Waals surface area contributed by atoms with Crippen molar-refractivity contribution in [2.24, 2.45) is 5.41 Å². The first-order valence-corrected chi connectivity index (χ1v) is 7.04. The van der Waals surface area contributed by atoms with Crippen LogP contribution in [-0.4, -0.2) is 38.3 Å². The van der Waals surface area contributed by atoms with Crippen molar-refractivity contribution in [1.29, 1.82) is 0 Å². The first-order chi connectivity index (χ1) is 10.4. The van der Waals surface area contributed by atoms with E-state index < -0.39 is 17.4 Å². The Hall–Kier alpha value is -1.95. The van der Waals surface area contributed by atoms with E-state index in [0.717, 1.165) is 28.1 Å². The fourth-order valence-electron chi connectivity index (χ4n) is 3.15. The molecule has 1 aromatic rings. The highest BCUT2D eigenvalue weighted by Gasteiger charge is 2.53. The molecule has 6 nitrogen and oxygen atoms in total. The van der Waals surface area contributed by atoms with Gasteiger partial charge in [-0.2, -0.15) is 0 Å². The second kappa shape index (κ2) is 6.04. The average Bonchev–Trinajstić information content (AvgIpc) is 2.93. The van der Waals surface area contributed by atoms with Crippen LogP contribution >= 0.6 is 0 Å². The van der Waals surface area contributed by atoms with Crippen LogP contribution in [0.1, 0.15) is 28.1 Å². The van der Waals surface area contributed by atoms with E-state index in [2.05, 4.69) is 4.98 Å². The van der Waals surface area contributed by atoms with Crippen molar-refractivity contribution in [1.82, 2.24) is 4.98 Å². The van der Waals surface area contributed by atoms with Crippen LogP contribution in [0.15, 0.2) is 0 Å². The molecule has 6 heteroatoms. The standard InChI is InChI=1S/C16H21NO5/c1-9-11-6-16(14(18)21-4,15(19)22-5)7-12(11)10(2)17-13(9)8-20-3/h6-8H2,1-5H3. The minimum Gasteiger partial charge on any atom is -0.468 e. The Morgan fingerprint density at radius 3 is 2.09 bits per heavy atom. The highest BCUT2D eigenvalue weighted by molar-refractivity contribution is 6.01. The fourth-order valence-corrected chi connectivity index (χ4v) is 3.15. The molecule has 22 heavy (non-hydrogen) atoms. The third-order valence-corrected chi connectivity index (χ3v) is 4.38. The number of carbonyl (C=O) groups is 2. The molecular formula is C16H21NO5. The number of hydrogen-bond acceptors (Lipinski definition) is 6. The van der Waals surface area contributed by atoms with Crippen LogP contribution in [0.2, 0.25) is 0 Å². The Balaban J connectivity index is 2.55. The molecule has 0 radical (unpaired) electrons. The molecule has 0 saturated heterocycles. The maximum Gasteiger partial charge on any atom is 0.323 e. The molecule has 0 fully saturated rings. The van der Waals surface area contributed by atoms with E-state index in [0.29, 0.717) is 6.61 Å². The zero-order valence-electron chi connectivity index (χ0n) is 13.6. The number of pyridine rings is 1. The van der Waals surface area contributed by atoms with Gasteiger partial charge >= 0.3 is 11.9 Å². The number of carbonyl (C=O) groups excluding carboxylic acids is 2. The smallest absolute Gasteiger partial charge is 0.323 e. The number of ether oxygens (including phenoxy) is 3. The van der Waals surface area contributed by atoms with Crippen LogP contribution in [0.3, 0.4) is 0 Å². The number of methoxy groups -OCH3 is 3. The summed E-state index contributed by atoms with van der Waals surface area (Å²) >= 11 is 0. The maximum absolute atomic E-state index is 12.3. The number of esters is 2. The number of aromatic nitrogens is 1. The SMILES string of the molecule is COCc1nc(C)c2c(c1C)CC(C(=O)OC)(C(=O)OC)C2. The number of hydrogen-bond donors (Lipinski definition) is 0. The van der Waals surface area contributed by atoms with E-state index in [1.54, 1.807) is 7.11 Å². The lowest BCUT2D eigenvalue weighted by atomic mass is 9.84. The van der Waals surface area contributed by atoms with Crippen LogP contribution in [0.5, 0.6) is 0 Å². The lowest BCUT2D eigenvalue weighted by Crippen LogP contribution is -2.42. The van der Waals surface area contributed by atoms with Gasteiger partial charge in [-0.3, -0.25) is 14.6 Å². The summed E-state index contributed by atoms with van der Waals surface area (Å²) in [6, 6.07) is 0. The van der Waals surface area contributed by atoms with Crippen molar-refractivity contribution in [2.75, 3.05) is 21.3 Å². The Morgan fingerprint density at radius 2 is 1.59 bits per heavy atom. The second-order valence-electron chi connectivity index (χ2n) is 5.58. The highest BCUT2D eigenvalue weighted by Crippen LogP contribution is 2.42. The normalized spacial score (nSPS) is 15.3. The molecule has 1 aliphatic carbocycles. The zero-order chi connectivity index (χ0) is 16.5. The van der Waals surface area contributed by atoms with Crippen molar-refractivity contribution < 1.29 is 23.8 Å². The van der Waals surface area contributed by atoms with Gasteiger partial charge in [-0.15, -0.1) is 0 Å². The lowest BCUT2D eigenvalue weighted by molar-refractivity contribution is -0.168. The maximum atomic E-state index is 12.3. The molecule has 0 bridgehead atoms. The minimum absolute atomic E-state index is 0.259. The predicted molar refractivity (Wildman–Crippen MR) is 78.3 cm³/mol. The Morgan fingerprint density at radius 1 is 1.05 bits per heavy atom. The average molecular weight is 307 g/mol. The third-order valence-electron chi connectivity index (χ3n) is 4.38. The van der Waals surface area contributed by atoms with Crippen molar-refractivity contribution in [3.8, 4) is 0 Å². The molecule has 0 unspecified atom stereocenters. The number of aryl methyl sites for hydroxylation is 1. The molecule has 1 aliphatic rings. The monoisotopic (exact) mass is 307 g/mol. The van der Waals surface area contributed by atoms with Gasteiger partial charge in [-0.1, -0.05) is 0 Å². The summed E-state index contributed by atoms with van der Waals surface area (Å²) in [7, 11) is 4.17. The highest BCUT2D eigenvalue weighted by atomic mass is 16.5. The van der Waals surface area contributed by atoms with Gasteiger partial charge < -0.3 is 14.2 Å². The van der Waals surface area contributed by atoms with Crippen molar-refractivity contribution >= 4 is 11.9 Å². The summed E-state index contributed by atoms with van der Waals surface area (Å²) in [5.41, 5.74) is 3.17. The van der Waals surface area contributed by atoms with Gasteiger partial charge in [0, 0.05) is 25.6 Å². The molecule has 0 aliphatic heterocycles. The molecule has 0 N–H and O–H groups in total. The third kappa shape index (κ3) is 2.37. The summed E-state index contributed by atoms with van der Waals surface area (Å²) in [4.78, 5) is 29.1. The molecule has 0 amide bonds. The van der Waals surface area contributed by atoms with E-state index in [9.17, 15) is 9.59 Å². The van der Waals surface area contributed by atoms with E-state index in [4.69, 9.17) is 14.2 Å². The molecule has 0 spiro atoms. The summed E-state index contributed by atoms with van der Waals surface area (Å²) in [5, 5.41) is 0. The topological polar surface area (TPSA) is 74.7 Å². The Bertz CT molecular complexity index is 607. The quantitative estimate of drug-likeness (QED) is 0.616. The van der Waals surface area contributed by atoms with E-state index in [1.165, 1.54) is 14.2 Å². The summed E-state index contributed by atoms with van der Waals surface area (Å²) in [6.07, 6.45) is 0.530.